The van der Waals surface area contributed by atoms with E-state index in [1.165, 1.54) is 0 Å². The molecule has 0 saturated heterocycles. The van der Waals surface area contributed by atoms with E-state index in [1.54, 1.807) is 0 Å². The van der Waals surface area contributed by atoms with E-state index in [0.717, 1.165) is 12.8 Å². The Balaban J connectivity index is 1.86. The molecule has 1 heterocycles. The third-order valence-corrected chi connectivity index (χ3v) is 3.19. The van der Waals surface area contributed by atoms with Gasteiger partial charge in [-0.1, -0.05) is 25.9 Å². The van der Waals surface area contributed by atoms with E-state index >= 15 is 0 Å². The third-order valence-electron chi connectivity index (χ3n) is 3.19. The van der Waals surface area contributed by atoms with Crippen LogP contribution in [0.5, 0.6) is 0 Å². The molecule has 1 saturated carbocycles. The highest BCUT2D eigenvalue weighted by atomic mass is 16.5. The van der Waals surface area contributed by atoms with Crippen LogP contribution in [0.15, 0.2) is 4.52 Å². The Morgan fingerprint density at radius 2 is 2.11 bits per heavy atom. The number of nitrogens with zero attached hydrogens (tertiary/aromatic N) is 3. The van der Waals surface area contributed by atoms with E-state index in [2.05, 4.69) is 10.1 Å². The number of aliphatic hydroxyl groups excluding tert-OH is 1. The molecule has 5 heteroatoms. The summed E-state index contributed by atoms with van der Waals surface area (Å²) in [5, 5.41) is 13.8. The fraction of sp³-hybridized carbons (Fsp3) is 0.846. The number of aliphatic hydroxyl groups is 1. The van der Waals surface area contributed by atoms with Gasteiger partial charge in [0.15, 0.2) is 5.82 Å². The second-order valence-electron chi connectivity index (χ2n) is 6.37. The first-order chi connectivity index (χ1) is 8.36. The summed E-state index contributed by atoms with van der Waals surface area (Å²) in [6.45, 7) is 7.42. The SMILES string of the molecule is CN(Cc1noc(C(C)(C)C)n1)CC(O)C1CC1. The molecule has 1 unspecified atom stereocenters. The van der Waals surface area contributed by atoms with Crippen molar-refractivity contribution < 1.29 is 9.63 Å². The van der Waals surface area contributed by atoms with Crippen molar-refractivity contribution >= 4 is 0 Å². The number of hydrogen-bond acceptors (Lipinski definition) is 5. The van der Waals surface area contributed by atoms with Gasteiger partial charge in [-0.15, -0.1) is 0 Å². The quantitative estimate of drug-likeness (QED) is 0.863. The zero-order valence-corrected chi connectivity index (χ0v) is 11.7. The smallest absolute Gasteiger partial charge is 0.232 e. The maximum absolute atomic E-state index is 9.87. The summed E-state index contributed by atoms with van der Waals surface area (Å²) in [5.41, 5.74) is -0.114. The molecular weight excluding hydrogens is 230 g/mol. The molecule has 1 fully saturated rings. The monoisotopic (exact) mass is 253 g/mol. The van der Waals surface area contributed by atoms with Gasteiger partial charge >= 0.3 is 0 Å². The van der Waals surface area contributed by atoms with Crippen LogP contribution in [0, 0.1) is 5.92 Å². The molecule has 0 aromatic carbocycles. The minimum absolute atomic E-state index is 0.114. The minimum atomic E-state index is -0.219. The van der Waals surface area contributed by atoms with Crippen molar-refractivity contribution in [3.8, 4) is 0 Å². The van der Waals surface area contributed by atoms with Gasteiger partial charge in [0.25, 0.3) is 0 Å². The lowest BCUT2D eigenvalue weighted by Crippen LogP contribution is -2.30. The van der Waals surface area contributed by atoms with Crippen LogP contribution in [0.25, 0.3) is 0 Å². The maximum atomic E-state index is 9.87. The van der Waals surface area contributed by atoms with Crippen LogP contribution in [0.2, 0.25) is 0 Å². The summed E-state index contributed by atoms with van der Waals surface area (Å²) in [7, 11) is 1.97. The van der Waals surface area contributed by atoms with Gasteiger partial charge in [0.2, 0.25) is 5.89 Å². The largest absolute Gasteiger partial charge is 0.392 e. The van der Waals surface area contributed by atoms with E-state index in [-0.39, 0.29) is 11.5 Å². The van der Waals surface area contributed by atoms with Crippen molar-refractivity contribution in [2.75, 3.05) is 13.6 Å². The zero-order valence-electron chi connectivity index (χ0n) is 11.7. The van der Waals surface area contributed by atoms with Gasteiger partial charge in [-0.2, -0.15) is 4.98 Å². The summed E-state index contributed by atoms with van der Waals surface area (Å²) in [4.78, 5) is 6.43. The van der Waals surface area contributed by atoms with Gasteiger partial charge in [0.1, 0.15) is 0 Å². The molecule has 1 N–H and O–H groups in total. The minimum Gasteiger partial charge on any atom is -0.392 e. The Morgan fingerprint density at radius 1 is 1.44 bits per heavy atom. The molecule has 0 radical (unpaired) electrons. The van der Waals surface area contributed by atoms with Crippen molar-refractivity contribution in [1.29, 1.82) is 0 Å². The van der Waals surface area contributed by atoms with Crippen molar-refractivity contribution in [3.05, 3.63) is 11.7 Å². The molecule has 0 spiro atoms. The number of likely N-dealkylation sites (N-methyl/N-ethyl adjacent to an activating group) is 1. The van der Waals surface area contributed by atoms with Gasteiger partial charge in [-0.3, -0.25) is 4.90 Å². The molecule has 5 nitrogen and oxygen atoms in total. The van der Waals surface area contributed by atoms with Gasteiger partial charge in [0, 0.05) is 12.0 Å². The van der Waals surface area contributed by atoms with Gasteiger partial charge in [-0.25, -0.2) is 0 Å². The zero-order chi connectivity index (χ0) is 13.3. The first-order valence-electron chi connectivity index (χ1n) is 6.56. The number of hydrogen-bond donors (Lipinski definition) is 1. The van der Waals surface area contributed by atoms with E-state index in [9.17, 15) is 5.11 Å². The summed E-state index contributed by atoms with van der Waals surface area (Å²) in [6.07, 6.45) is 2.10. The molecule has 1 aliphatic rings. The fourth-order valence-corrected chi connectivity index (χ4v) is 1.88. The molecule has 0 bridgehead atoms. The summed E-state index contributed by atoms with van der Waals surface area (Å²) >= 11 is 0. The van der Waals surface area contributed by atoms with Crippen LogP contribution < -0.4 is 0 Å². The predicted octanol–water partition coefficient (Wildman–Crippen LogP) is 1.57. The molecule has 18 heavy (non-hydrogen) atoms. The van der Waals surface area contributed by atoms with E-state index in [1.807, 2.05) is 32.7 Å². The van der Waals surface area contributed by atoms with Crippen LogP contribution in [0.3, 0.4) is 0 Å². The summed E-state index contributed by atoms with van der Waals surface area (Å²) in [5.74, 6) is 1.85. The second kappa shape index (κ2) is 4.97. The highest BCUT2D eigenvalue weighted by Crippen LogP contribution is 2.32. The lowest BCUT2D eigenvalue weighted by molar-refractivity contribution is 0.103. The van der Waals surface area contributed by atoms with Gasteiger partial charge in [-0.05, 0) is 25.8 Å². The van der Waals surface area contributed by atoms with Crippen LogP contribution in [-0.2, 0) is 12.0 Å². The Hall–Kier alpha value is -0.940. The summed E-state index contributed by atoms with van der Waals surface area (Å²) < 4.78 is 5.24. The Kier molecular flexibility index (Phi) is 3.73. The molecule has 0 aliphatic heterocycles. The van der Waals surface area contributed by atoms with Crippen LogP contribution in [0.4, 0.5) is 0 Å². The molecule has 1 atom stereocenters. The average Bonchev–Trinajstić information content (AvgIpc) is 2.98. The lowest BCUT2D eigenvalue weighted by Gasteiger charge is -2.18. The van der Waals surface area contributed by atoms with Gasteiger partial charge in [0.05, 0.1) is 12.6 Å². The molecule has 2 rings (SSSR count). The molecule has 1 aromatic rings. The average molecular weight is 253 g/mol. The van der Waals surface area contributed by atoms with Crippen molar-refractivity contribution in [2.45, 2.75) is 51.7 Å². The highest BCUT2D eigenvalue weighted by Gasteiger charge is 2.30. The Bertz CT molecular complexity index is 393. The molecule has 0 amide bonds. The lowest BCUT2D eigenvalue weighted by atomic mass is 9.97. The van der Waals surface area contributed by atoms with Gasteiger partial charge < -0.3 is 9.63 Å². The van der Waals surface area contributed by atoms with Crippen LogP contribution >= 0.6 is 0 Å². The van der Waals surface area contributed by atoms with Crippen LogP contribution in [0.1, 0.15) is 45.3 Å². The van der Waals surface area contributed by atoms with E-state index in [0.29, 0.717) is 30.7 Å². The number of rotatable bonds is 5. The molecule has 1 aliphatic carbocycles. The Morgan fingerprint density at radius 3 is 2.61 bits per heavy atom. The molecular formula is C13H23N3O2. The standard InChI is InChI=1S/C13H23N3O2/c1-13(2,3)12-14-11(15-18-12)8-16(4)7-10(17)9-5-6-9/h9-10,17H,5-8H2,1-4H3. The van der Waals surface area contributed by atoms with E-state index in [4.69, 9.17) is 4.52 Å². The first kappa shape index (κ1) is 13.5. The van der Waals surface area contributed by atoms with Crippen molar-refractivity contribution in [2.24, 2.45) is 5.92 Å². The predicted molar refractivity (Wildman–Crippen MR) is 68.1 cm³/mol. The third kappa shape index (κ3) is 3.53. The second-order valence-corrected chi connectivity index (χ2v) is 6.37. The number of aromatic nitrogens is 2. The summed E-state index contributed by atoms with van der Waals surface area (Å²) in [6, 6.07) is 0. The topological polar surface area (TPSA) is 62.4 Å². The maximum Gasteiger partial charge on any atom is 0.232 e. The molecule has 1 aromatic heterocycles. The normalized spacial score (nSPS) is 18.3. The van der Waals surface area contributed by atoms with E-state index < -0.39 is 0 Å². The fourth-order valence-electron chi connectivity index (χ4n) is 1.88. The van der Waals surface area contributed by atoms with Crippen molar-refractivity contribution in [1.82, 2.24) is 15.0 Å². The highest BCUT2D eigenvalue weighted by molar-refractivity contribution is 4.98. The van der Waals surface area contributed by atoms with Crippen LogP contribution in [-0.4, -0.2) is 39.8 Å². The Labute approximate surface area is 108 Å². The van der Waals surface area contributed by atoms with Crippen molar-refractivity contribution in [3.63, 3.8) is 0 Å². The molecule has 102 valence electrons. The first-order valence-corrected chi connectivity index (χ1v) is 6.56.